The maximum Gasteiger partial charge on any atom is 0.0705 e. The molecule has 2 heteroatoms. The Hall–Kier alpha value is -0.890. The molecule has 94 valence electrons. The third-order valence-electron chi connectivity index (χ3n) is 3.70. The van der Waals surface area contributed by atoms with Crippen LogP contribution in [0.4, 0.5) is 0 Å². The number of aromatic nitrogens is 1. The van der Waals surface area contributed by atoms with Crippen molar-refractivity contribution in [2.24, 2.45) is 5.92 Å². The predicted molar refractivity (Wildman–Crippen MR) is 80.1 cm³/mol. The second kappa shape index (κ2) is 5.40. The predicted octanol–water partition coefficient (Wildman–Crippen LogP) is 4.73. The van der Waals surface area contributed by atoms with Crippen LogP contribution in [0.3, 0.4) is 0 Å². The molecule has 2 aromatic rings. The number of fused-ring (bicyclic) bond motifs is 1. The van der Waals surface area contributed by atoms with Gasteiger partial charge in [0.25, 0.3) is 0 Å². The Morgan fingerprint density at radius 1 is 1.17 bits per heavy atom. The number of aryl methyl sites for hydroxylation is 1. The summed E-state index contributed by atoms with van der Waals surface area (Å²) in [5, 5.41) is 1.23. The second-order valence-corrected chi connectivity index (χ2v) is 6.42. The fourth-order valence-corrected chi connectivity index (χ4v) is 3.27. The van der Waals surface area contributed by atoms with E-state index in [2.05, 4.69) is 52.3 Å². The van der Waals surface area contributed by atoms with Crippen molar-refractivity contribution in [3.05, 3.63) is 42.1 Å². The van der Waals surface area contributed by atoms with Gasteiger partial charge in [-0.15, -0.1) is 0 Å². The summed E-state index contributed by atoms with van der Waals surface area (Å²) in [6, 6.07) is 12.7. The summed E-state index contributed by atoms with van der Waals surface area (Å²) in [5.74, 6) is 0.953. The highest BCUT2D eigenvalue weighted by Gasteiger charge is 2.28. The molecule has 3 rings (SSSR count). The van der Waals surface area contributed by atoms with Gasteiger partial charge >= 0.3 is 0 Å². The first-order valence-corrected chi connectivity index (χ1v) is 7.73. The maximum atomic E-state index is 4.72. The number of alkyl halides is 1. The zero-order valence-corrected chi connectivity index (χ0v) is 12.1. The standard InChI is InChI=1S/C16H18BrN/c17-15(12-8-9-12)6-3-5-14-11-10-13-4-1-2-7-16(13)18-14/h1-2,4,7,10-12,15H,3,5-6,8-9H2. The Bertz CT molecular complexity index is 533. The van der Waals surface area contributed by atoms with E-state index >= 15 is 0 Å². The van der Waals surface area contributed by atoms with Crippen molar-refractivity contribution in [1.82, 2.24) is 4.98 Å². The van der Waals surface area contributed by atoms with Gasteiger partial charge in [0.1, 0.15) is 0 Å². The van der Waals surface area contributed by atoms with Crippen LogP contribution in [0.15, 0.2) is 36.4 Å². The first-order chi connectivity index (χ1) is 8.83. The summed E-state index contributed by atoms with van der Waals surface area (Å²) >= 11 is 3.80. The molecule has 0 radical (unpaired) electrons. The Kier molecular flexibility index (Phi) is 3.64. The summed E-state index contributed by atoms with van der Waals surface area (Å²) in [6.45, 7) is 0. The van der Waals surface area contributed by atoms with Crippen molar-refractivity contribution in [2.45, 2.75) is 36.9 Å². The lowest BCUT2D eigenvalue weighted by Crippen LogP contribution is -2.01. The lowest BCUT2D eigenvalue weighted by Gasteiger charge is -2.07. The van der Waals surface area contributed by atoms with Crippen LogP contribution in [0.2, 0.25) is 0 Å². The van der Waals surface area contributed by atoms with Gasteiger partial charge in [0, 0.05) is 15.9 Å². The number of para-hydroxylation sites is 1. The van der Waals surface area contributed by atoms with E-state index in [1.54, 1.807) is 0 Å². The summed E-state index contributed by atoms with van der Waals surface area (Å²) in [4.78, 5) is 5.45. The molecule has 0 amide bonds. The van der Waals surface area contributed by atoms with Crippen LogP contribution in [0.1, 0.15) is 31.4 Å². The Balaban J connectivity index is 1.60. The summed E-state index contributed by atoms with van der Waals surface area (Å²) in [7, 11) is 0. The first-order valence-electron chi connectivity index (χ1n) is 6.82. The summed E-state index contributed by atoms with van der Waals surface area (Å²) in [5.41, 5.74) is 2.34. The molecule has 1 heterocycles. The first kappa shape index (κ1) is 12.2. The molecule has 1 unspecified atom stereocenters. The summed E-state index contributed by atoms with van der Waals surface area (Å²) in [6.07, 6.45) is 6.45. The van der Waals surface area contributed by atoms with Crippen molar-refractivity contribution >= 4 is 26.8 Å². The second-order valence-electron chi connectivity index (χ2n) is 5.24. The molecule has 0 aliphatic heterocycles. The van der Waals surface area contributed by atoms with Crippen LogP contribution in [0, 0.1) is 5.92 Å². The van der Waals surface area contributed by atoms with E-state index in [0.29, 0.717) is 0 Å². The molecule has 1 aromatic heterocycles. The SMILES string of the molecule is BrC(CCCc1ccc2ccccc2n1)C1CC1. The molecule has 1 atom stereocenters. The Morgan fingerprint density at radius 2 is 2.00 bits per heavy atom. The van der Waals surface area contributed by atoms with Crippen LogP contribution in [0.25, 0.3) is 10.9 Å². The Morgan fingerprint density at radius 3 is 2.83 bits per heavy atom. The number of benzene rings is 1. The van der Waals surface area contributed by atoms with Crippen LogP contribution < -0.4 is 0 Å². The van der Waals surface area contributed by atoms with Gasteiger partial charge in [-0.25, -0.2) is 0 Å². The molecule has 1 aliphatic rings. The number of rotatable bonds is 5. The molecule has 1 aromatic carbocycles. The van der Waals surface area contributed by atoms with E-state index in [0.717, 1.165) is 22.7 Å². The quantitative estimate of drug-likeness (QED) is 0.728. The van der Waals surface area contributed by atoms with Crippen molar-refractivity contribution in [3.8, 4) is 0 Å². The van der Waals surface area contributed by atoms with Gasteiger partial charge in [0.05, 0.1) is 5.52 Å². The highest BCUT2D eigenvalue weighted by atomic mass is 79.9. The number of pyridine rings is 1. The lowest BCUT2D eigenvalue weighted by molar-refractivity contribution is 0.649. The number of hydrogen-bond donors (Lipinski definition) is 0. The lowest BCUT2D eigenvalue weighted by atomic mass is 10.1. The molecule has 1 nitrogen and oxygen atoms in total. The number of nitrogens with zero attached hydrogens (tertiary/aromatic N) is 1. The van der Waals surface area contributed by atoms with Gasteiger partial charge in [0.2, 0.25) is 0 Å². The molecule has 0 saturated heterocycles. The normalized spacial score (nSPS) is 16.9. The minimum atomic E-state index is 0.734. The highest BCUT2D eigenvalue weighted by Crippen LogP contribution is 2.38. The smallest absolute Gasteiger partial charge is 0.0705 e. The van der Waals surface area contributed by atoms with E-state index in [1.165, 1.54) is 36.8 Å². The molecule has 0 spiro atoms. The molecule has 18 heavy (non-hydrogen) atoms. The third kappa shape index (κ3) is 2.92. The summed E-state index contributed by atoms with van der Waals surface area (Å²) < 4.78 is 0. The molecule has 1 aliphatic carbocycles. The van der Waals surface area contributed by atoms with Gasteiger partial charge in [-0.05, 0) is 50.2 Å². The van der Waals surface area contributed by atoms with Gasteiger partial charge in [-0.1, -0.05) is 40.2 Å². The monoisotopic (exact) mass is 303 g/mol. The van der Waals surface area contributed by atoms with Crippen LogP contribution in [0.5, 0.6) is 0 Å². The molecular weight excluding hydrogens is 286 g/mol. The van der Waals surface area contributed by atoms with Crippen molar-refractivity contribution in [2.75, 3.05) is 0 Å². The van der Waals surface area contributed by atoms with E-state index in [4.69, 9.17) is 4.98 Å². The van der Waals surface area contributed by atoms with E-state index < -0.39 is 0 Å². The van der Waals surface area contributed by atoms with E-state index in [-0.39, 0.29) is 0 Å². The number of halogens is 1. The molecular formula is C16H18BrN. The van der Waals surface area contributed by atoms with Gasteiger partial charge in [-0.2, -0.15) is 0 Å². The van der Waals surface area contributed by atoms with Gasteiger partial charge in [0.15, 0.2) is 0 Å². The van der Waals surface area contributed by atoms with Crippen LogP contribution >= 0.6 is 15.9 Å². The third-order valence-corrected chi connectivity index (χ3v) is 4.91. The molecule has 1 fully saturated rings. The Labute approximate surface area is 117 Å². The van der Waals surface area contributed by atoms with Gasteiger partial charge in [-0.3, -0.25) is 4.98 Å². The fraction of sp³-hybridized carbons (Fsp3) is 0.438. The van der Waals surface area contributed by atoms with Crippen LogP contribution in [-0.4, -0.2) is 9.81 Å². The zero-order valence-electron chi connectivity index (χ0n) is 10.5. The minimum absolute atomic E-state index is 0.734. The van der Waals surface area contributed by atoms with E-state index in [1.807, 2.05) is 0 Å². The van der Waals surface area contributed by atoms with Crippen LogP contribution in [-0.2, 0) is 6.42 Å². The molecule has 0 bridgehead atoms. The van der Waals surface area contributed by atoms with Gasteiger partial charge < -0.3 is 0 Å². The van der Waals surface area contributed by atoms with Crippen molar-refractivity contribution in [3.63, 3.8) is 0 Å². The van der Waals surface area contributed by atoms with E-state index in [9.17, 15) is 0 Å². The molecule has 0 N–H and O–H groups in total. The topological polar surface area (TPSA) is 12.9 Å². The average Bonchev–Trinajstić information content (AvgIpc) is 3.23. The van der Waals surface area contributed by atoms with Crippen molar-refractivity contribution < 1.29 is 0 Å². The van der Waals surface area contributed by atoms with Crippen molar-refractivity contribution in [1.29, 1.82) is 0 Å². The number of hydrogen-bond acceptors (Lipinski definition) is 1. The fourth-order valence-electron chi connectivity index (χ4n) is 2.42. The minimum Gasteiger partial charge on any atom is -0.253 e. The molecule has 1 saturated carbocycles. The largest absolute Gasteiger partial charge is 0.253 e. The zero-order chi connectivity index (χ0) is 12.4. The average molecular weight is 304 g/mol. The highest BCUT2D eigenvalue weighted by molar-refractivity contribution is 9.09. The maximum absolute atomic E-state index is 4.72.